The van der Waals surface area contributed by atoms with Gasteiger partial charge in [0.05, 0.1) is 18.4 Å². The fraction of sp³-hybridized carbons (Fsp3) is 0.778. The Morgan fingerprint density at radius 2 is 2.09 bits per heavy atom. The van der Waals surface area contributed by atoms with Crippen molar-refractivity contribution >= 4 is 0 Å². The Hall–Kier alpha value is -1.20. The summed E-state index contributed by atoms with van der Waals surface area (Å²) in [5, 5.41) is 0. The van der Waals surface area contributed by atoms with Crippen LogP contribution in [0.1, 0.15) is 44.9 Å². The molecule has 5 nitrogen and oxygen atoms in total. The summed E-state index contributed by atoms with van der Waals surface area (Å²) in [5.74, 6) is 1.34. The average Bonchev–Trinajstić information content (AvgIpc) is 3.08. The highest BCUT2D eigenvalue weighted by Gasteiger charge is 2.49. The highest BCUT2D eigenvalue weighted by molar-refractivity contribution is 5.03. The van der Waals surface area contributed by atoms with Crippen molar-refractivity contribution in [2.24, 2.45) is 5.92 Å². The molecule has 2 saturated heterocycles. The van der Waals surface area contributed by atoms with Crippen LogP contribution in [-0.2, 0) is 4.74 Å². The van der Waals surface area contributed by atoms with E-state index in [1.165, 1.54) is 32.1 Å². The Kier molecular flexibility index (Phi) is 4.49. The summed E-state index contributed by atoms with van der Waals surface area (Å²) < 4.78 is 11.9. The third kappa shape index (κ3) is 3.50. The summed E-state index contributed by atoms with van der Waals surface area (Å²) in [5.41, 5.74) is 0.151. The molecule has 5 heteroatoms. The second-order valence-electron chi connectivity index (χ2n) is 7.41. The van der Waals surface area contributed by atoms with Crippen molar-refractivity contribution in [2.45, 2.75) is 56.6 Å². The van der Waals surface area contributed by atoms with E-state index in [1.54, 1.807) is 18.6 Å². The van der Waals surface area contributed by atoms with E-state index < -0.39 is 0 Å². The Bertz CT molecular complexity index is 498. The van der Waals surface area contributed by atoms with Gasteiger partial charge in [-0.25, -0.2) is 4.98 Å². The van der Waals surface area contributed by atoms with Gasteiger partial charge in [-0.15, -0.1) is 0 Å². The summed E-state index contributed by atoms with van der Waals surface area (Å²) in [6.07, 6.45) is 14.1. The molecule has 1 aromatic rings. The van der Waals surface area contributed by atoms with Crippen LogP contribution in [0.15, 0.2) is 18.6 Å². The number of aromatic nitrogens is 2. The van der Waals surface area contributed by atoms with Crippen molar-refractivity contribution in [1.29, 1.82) is 0 Å². The van der Waals surface area contributed by atoms with Crippen LogP contribution in [-0.4, -0.2) is 52.8 Å². The molecule has 3 fully saturated rings. The number of hydrogen-bond donors (Lipinski definition) is 0. The third-order valence-corrected chi connectivity index (χ3v) is 5.73. The zero-order valence-corrected chi connectivity index (χ0v) is 13.8. The lowest BCUT2D eigenvalue weighted by atomic mass is 9.78. The normalized spacial score (nSPS) is 27.9. The second kappa shape index (κ2) is 6.73. The van der Waals surface area contributed by atoms with E-state index in [4.69, 9.17) is 9.47 Å². The number of hydrogen-bond acceptors (Lipinski definition) is 5. The van der Waals surface area contributed by atoms with E-state index in [2.05, 4.69) is 14.9 Å². The molecule has 0 radical (unpaired) electrons. The average molecular weight is 317 g/mol. The second-order valence-corrected chi connectivity index (χ2v) is 7.41. The minimum absolute atomic E-state index is 0.151. The topological polar surface area (TPSA) is 47.5 Å². The largest absolute Gasteiger partial charge is 0.477 e. The summed E-state index contributed by atoms with van der Waals surface area (Å²) >= 11 is 0. The van der Waals surface area contributed by atoms with E-state index in [1.807, 2.05) is 0 Å². The quantitative estimate of drug-likeness (QED) is 0.835. The summed E-state index contributed by atoms with van der Waals surface area (Å²) in [4.78, 5) is 10.8. The Balaban J connectivity index is 1.22. The molecular weight excluding hydrogens is 290 g/mol. The van der Waals surface area contributed by atoms with E-state index in [-0.39, 0.29) is 5.60 Å². The van der Waals surface area contributed by atoms with Crippen LogP contribution < -0.4 is 4.74 Å². The van der Waals surface area contributed by atoms with Crippen LogP contribution in [0.25, 0.3) is 0 Å². The smallest absolute Gasteiger partial charge is 0.232 e. The molecule has 126 valence electrons. The van der Waals surface area contributed by atoms with Crippen molar-refractivity contribution in [3.05, 3.63) is 18.6 Å². The molecule has 1 spiro atoms. The molecule has 1 aromatic heterocycles. The number of nitrogens with zero attached hydrogens (tertiary/aromatic N) is 3. The van der Waals surface area contributed by atoms with Gasteiger partial charge in [0.1, 0.15) is 0 Å². The van der Waals surface area contributed by atoms with Crippen LogP contribution in [0.5, 0.6) is 5.88 Å². The molecule has 3 heterocycles. The number of likely N-dealkylation sites (tertiary alicyclic amines) is 1. The van der Waals surface area contributed by atoms with Crippen LogP contribution in [0.4, 0.5) is 0 Å². The lowest BCUT2D eigenvalue weighted by Gasteiger charge is -2.55. The minimum Gasteiger partial charge on any atom is -0.477 e. The van der Waals surface area contributed by atoms with Gasteiger partial charge in [-0.05, 0) is 38.0 Å². The Labute approximate surface area is 138 Å². The Morgan fingerprint density at radius 3 is 2.87 bits per heavy atom. The number of ether oxygens (including phenoxy) is 2. The Morgan fingerprint density at radius 1 is 1.22 bits per heavy atom. The molecule has 2 aliphatic heterocycles. The predicted octanol–water partition coefficient (Wildman–Crippen LogP) is 2.67. The van der Waals surface area contributed by atoms with Crippen molar-refractivity contribution < 1.29 is 9.47 Å². The first-order chi connectivity index (χ1) is 11.3. The highest BCUT2D eigenvalue weighted by atomic mass is 16.5. The van der Waals surface area contributed by atoms with Gasteiger partial charge in [0.15, 0.2) is 0 Å². The zero-order valence-electron chi connectivity index (χ0n) is 13.8. The lowest BCUT2D eigenvalue weighted by Crippen LogP contribution is -2.67. The highest BCUT2D eigenvalue weighted by Crippen LogP contribution is 2.41. The molecule has 1 aliphatic carbocycles. The van der Waals surface area contributed by atoms with E-state index >= 15 is 0 Å². The zero-order chi connectivity index (χ0) is 15.5. The standard InChI is InChI=1S/C18H27N3O2/c1-2-4-16(3-1)21-13-18(14-21)11-15(6-10-23-18)5-9-22-17-12-19-7-8-20-17/h7-8,12,15-16H,1-6,9-11,13-14H2. The van der Waals surface area contributed by atoms with E-state index in [9.17, 15) is 0 Å². The maximum atomic E-state index is 6.18. The summed E-state index contributed by atoms with van der Waals surface area (Å²) in [6, 6.07) is 0.838. The van der Waals surface area contributed by atoms with Crippen molar-refractivity contribution in [3.63, 3.8) is 0 Å². The third-order valence-electron chi connectivity index (χ3n) is 5.73. The van der Waals surface area contributed by atoms with Gasteiger partial charge in [0, 0.05) is 38.1 Å². The monoisotopic (exact) mass is 317 g/mol. The first-order valence-electron chi connectivity index (χ1n) is 9.10. The van der Waals surface area contributed by atoms with Gasteiger partial charge < -0.3 is 9.47 Å². The minimum atomic E-state index is 0.151. The van der Waals surface area contributed by atoms with E-state index in [0.717, 1.165) is 45.2 Å². The van der Waals surface area contributed by atoms with Gasteiger partial charge in [-0.2, -0.15) is 0 Å². The molecular formula is C18H27N3O2. The van der Waals surface area contributed by atoms with Crippen LogP contribution in [0.3, 0.4) is 0 Å². The van der Waals surface area contributed by atoms with Crippen molar-refractivity contribution in [1.82, 2.24) is 14.9 Å². The maximum absolute atomic E-state index is 6.18. The molecule has 1 unspecified atom stereocenters. The lowest BCUT2D eigenvalue weighted by molar-refractivity contribution is -0.188. The molecule has 1 atom stereocenters. The molecule has 0 N–H and O–H groups in total. The van der Waals surface area contributed by atoms with Crippen molar-refractivity contribution in [3.8, 4) is 5.88 Å². The summed E-state index contributed by atoms with van der Waals surface area (Å²) in [7, 11) is 0. The van der Waals surface area contributed by atoms with Crippen LogP contribution >= 0.6 is 0 Å². The van der Waals surface area contributed by atoms with Crippen LogP contribution in [0, 0.1) is 5.92 Å². The van der Waals surface area contributed by atoms with E-state index in [0.29, 0.717) is 11.8 Å². The summed E-state index contributed by atoms with van der Waals surface area (Å²) in [6.45, 7) is 3.94. The van der Waals surface area contributed by atoms with Gasteiger partial charge in [-0.3, -0.25) is 9.88 Å². The molecule has 0 amide bonds. The molecule has 23 heavy (non-hydrogen) atoms. The van der Waals surface area contributed by atoms with Crippen LogP contribution in [0.2, 0.25) is 0 Å². The maximum Gasteiger partial charge on any atom is 0.232 e. The SMILES string of the molecule is c1cnc(OCCC2CCOC3(C2)CN(C2CCCC2)C3)cn1. The first-order valence-corrected chi connectivity index (χ1v) is 9.10. The molecule has 4 rings (SSSR count). The molecule has 0 bridgehead atoms. The van der Waals surface area contributed by atoms with Crippen molar-refractivity contribution in [2.75, 3.05) is 26.3 Å². The first kappa shape index (κ1) is 15.3. The van der Waals surface area contributed by atoms with Gasteiger partial charge >= 0.3 is 0 Å². The molecule has 0 aromatic carbocycles. The molecule has 3 aliphatic rings. The van der Waals surface area contributed by atoms with Gasteiger partial charge in [-0.1, -0.05) is 12.8 Å². The number of rotatable bonds is 5. The predicted molar refractivity (Wildman–Crippen MR) is 87.4 cm³/mol. The fourth-order valence-corrected chi connectivity index (χ4v) is 4.51. The van der Waals surface area contributed by atoms with Gasteiger partial charge in [0.25, 0.3) is 0 Å². The molecule has 1 saturated carbocycles. The fourth-order valence-electron chi connectivity index (χ4n) is 4.51. The van der Waals surface area contributed by atoms with Gasteiger partial charge in [0.2, 0.25) is 5.88 Å².